The van der Waals surface area contributed by atoms with E-state index < -0.39 is 18.3 Å². The number of aliphatic hydroxyl groups excluding tert-OH is 2. The third-order valence-corrected chi connectivity index (χ3v) is 7.46. The summed E-state index contributed by atoms with van der Waals surface area (Å²) in [5, 5.41) is 20.5. The van der Waals surface area contributed by atoms with Crippen molar-refractivity contribution < 1.29 is 29.2 Å². The third kappa shape index (κ3) is 6.09. The number of benzene rings is 1. The lowest BCUT2D eigenvalue weighted by molar-refractivity contribution is -0.163. The topological polar surface area (TPSA) is 85.2 Å². The van der Waals surface area contributed by atoms with Gasteiger partial charge in [0.05, 0.1) is 18.3 Å². The summed E-state index contributed by atoms with van der Waals surface area (Å²) in [6, 6.07) is 9.30. The number of aliphatic hydroxyl groups is 2. The van der Waals surface area contributed by atoms with Crippen LogP contribution in [-0.2, 0) is 14.3 Å². The maximum Gasteiger partial charge on any atom is 0.347 e. The fourth-order valence-corrected chi connectivity index (χ4v) is 5.61. The van der Waals surface area contributed by atoms with E-state index in [-0.39, 0.29) is 30.0 Å². The van der Waals surface area contributed by atoms with E-state index in [4.69, 9.17) is 14.2 Å². The summed E-state index contributed by atoms with van der Waals surface area (Å²) in [6.45, 7) is 4.71. The molecule has 1 heterocycles. The van der Waals surface area contributed by atoms with Gasteiger partial charge in [-0.2, -0.15) is 0 Å². The Morgan fingerprint density at radius 2 is 1.97 bits per heavy atom. The van der Waals surface area contributed by atoms with Crippen molar-refractivity contribution in [3.8, 4) is 5.75 Å². The van der Waals surface area contributed by atoms with Gasteiger partial charge in [-0.05, 0) is 61.6 Å². The Kier molecular flexibility index (Phi) is 8.46. The molecule has 186 valence electrons. The minimum atomic E-state index is -0.693. The van der Waals surface area contributed by atoms with E-state index in [1.165, 1.54) is 0 Å². The molecule has 0 saturated carbocycles. The molecule has 1 saturated heterocycles. The molecular weight excluding hydrogens is 432 g/mol. The van der Waals surface area contributed by atoms with Crippen LogP contribution >= 0.6 is 0 Å². The molecule has 0 amide bonds. The van der Waals surface area contributed by atoms with Crippen molar-refractivity contribution in [3.63, 3.8) is 0 Å². The number of carbonyl (C=O) groups excluding carboxylic acids is 1. The average molecular weight is 471 g/mol. The highest BCUT2D eigenvalue weighted by atomic mass is 16.6. The molecule has 1 fully saturated rings. The van der Waals surface area contributed by atoms with Crippen LogP contribution in [0.25, 0.3) is 0 Å². The molecule has 4 rings (SSSR count). The number of carbonyl (C=O) groups is 1. The van der Waals surface area contributed by atoms with Crippen molar-refractivity contribution in [2.45, 2.75) is 82.9 Å². The number of hydrogen-bond donors (Lipinski definition) is 2. The number of hydrogen-bond acceptors (Lipinski definition) is 6. The number of fused-ring (bicyclic) bond motifs is 1. The monoisotopic (exact) mass is 470 g/mol. The van der Waals surface area contributed by atoms with Gasteiger partial charge in [-0.1, -0.05) is 50.3 Å². The number of rotatable bonds is 8. The zero-order chi connectivity index (χ0) is 24.1. The molecule has 0 radical (unpaired) electrons. The van der Waals surface area contributed by atoms with E-state index in [9.17, 15) is 15.0 Å². The third-order valence-electron chi connectivity index (χ3n) is 7.46. The Bertz CT molecular complexity index is 865. The van der Waals surface area contributed by atoms with E-state index in [2.05, 4.69) is 19.1 Å². The molecule has 0 aromatic heterocycles. The lowest BCUT2D eigenvalue weighted by atomic mass is 9.66. The molecule has 1 unspecified atom stereocenters. The van der Waals surface area contributed by atoms with Gasteiger partial charge in [-0.3, -0.25) is 0 Å². The lowest BCUT2D eigenvalue weighted by Gasteiger charge is -2.43. The molecule has 2 N–H and O–H groups in total. The summed E-state index contributed by atoms with van der Waals surface area (Å²) in [5.74, 6) is 0.853. The van der Waals surface area contributed by atoms with E-state index in [0.717, 1.165) is 18.4 Å². The van der Waals surface area contributed by atoms with Crippen molar-refractivity contribution in [1.82, 2.24) is 0 Å². The standard InChI is InChI=1S/C28H38O6/c1-3-25(33-22-7-5-4-6-8-22)28(31)34-26-17-21(30)15-19-10-9-18(2)24(27(19)26)12-11-23-16-20(29)13-14-32-23/h4-10,15,18,20-21,23-27,29-30H,3,11-14,16-17H2,1-2H3/t18-,20+,21+,23+,24-,25?,26-,27-/m0/s1. The van der Waals surface area contributed by atoms with Crippen LogP contribution in [0.1, 0.15) is 52.4 Å². The van der Waals surface area contributed by atoms with E-state index in [1.54, 1.807) is 0 Å². The van der Waals surface area contributed by atoms with E-state index >= 15 is 0 Å². The number of para-hydroxylation sites is 1. The van der Waals surface area contributed by atoms with Crippen LogP contribution in [-0.4, -0.2) is 53.3 Å². The van der Waals surface area contributed by atoms with Gasteiger partial charge in [-0.15, -0.1) is 0 Å². The maximum atomic E-state index is 13.1. The molecule has 8 atom stereocenters. The minimum Gasteiger partial charge on any atom is -0.479 e. The van der Waals surface area contributed by atoms with Crippen LogP contribution in [0.3, 0.4) is 0 Å². The van der Waals surface area contributed by atoms with Gasteiger partial charge in [-0.25, -0.2) is 4.79 Å². The molecule has 3 aliphatic rings. The average Bonchev–Trinajstić information content (AvgIpc) is 2.82. The first-order valence-electron chi connectivity index (χ1n) is 12.7. The minimum absolute atomic E-state index is 0.0232. The molecule has 0 spiro atoms. The van der Waals surface area contributed by atoms with Crippen molar-refractivity contribution in [3.05, 3.63) is 54.1 Å². The molecule has 6 nitrogen and oxygen atoms in total. The largest absolute Gasteiger partial charge is 0.479 e. The molecule has 1 aromatic carbocycles. The molecule has 1 aliphatic heterocycles. The Labute approximate surface area is 202 Å². The zero-order valence-corrected chi connectivity index (χ0v) is 20.2. The summed E-state index contributed by atoms with van der Waals surface area (Å²) in [7, 11) is 0. The van der Waals surface area contributed by atoms with Gasteiger partial charge < -0.3 is 24.4 Å². The van der Waals surface area contributed by atoms with Crippen molar-refractivity contribution >= 4 is 5.97 Å². The fourth-order valence-electron chi connectivity index (χ4n) is 5.61. The second-order valence-electron chi connectivity index (χ2n) is 9.93. The zero-order valence-electron chi connectivity index (χ0n) is 20.2. The van der Waals surface area contributed by atoms with Crippen LogP contribution in [0.15, 0.2) is 54.1 Å². The van der Waals surface area contributed by atoms with Crippen molar-refractivity contribution in [2.75, 3.05) is 6.61 Å². The van der Waals surface area contributed by atoms with Gasteiger partial charge in [0.1, 0.15) is 11.9 Å². The lowest BCUT2D eigenvalue weighted by Crippen LogP contribution is -2.44. The number of allylic oxidation sites excluding steroid dienone is 2. The summed E-state index contributed by atoms with van der Waals surface area (Å²) in [5.41, 5.74) is 1.04. The Morgan fingerprint density at radius 1 is 1.18 bits per heavy atom. The first-order valence-corrected chi connectivity index (χ1v) is 12.7. The summed E-state index contributed by atoms with van der Waals surface area (Å²) in [6.07, 6.45) is 8.24. The highest BCUT2D eigenvalue weighted by Crippen LogP contribution is 2.44. The predicted molar refractivity (Wildman–Crippen MR) is 129 cm³/mol. The SMILES string of the molecule is CCC(Oc1ccccc1)C(=O)O[C@H]1C[C@H](O)C=C2C=C[C@H](C)[C@H](CC[C@@H]3C[C@H](O)CCO3)[C@H]21. The van der Waals surface area contributed by atoms with Gasteiger partial charge in [0, 0.05) is 18.9 Å². The van der Waals surface area contributed by atoms with E-state index in [0.29, 0.717) is 44.0 Å². The summed E-state index contributed by atoms with van der Waals surface area (Å²) >= 11 is 0. The summed E-state index contributed by atoms with van der Waals surface area (Å²) in [4.78, 5) is 13.1. The Hall–Kier alpha value is -2.15. The maximum absolute atomic E-state index is 13.1. The first-order chi connectivity index (χ1) is 16.4. The predicted octanol–water partition coefficient (Wildman–Crippen LogP) is 4.21. The molecule has 6 heteroatoms. The molecule has 34 heavy (non-hydrogen) atoms. The van der Waals surface area contributed by atoms with Crippen molar-refractivity contribution in [1.29, 1.82) is 0 Å². The molecule has 1 aromatic rings. The van der Waals surface area contributed by atoms with Crippen LogP contribution in [0.2, 0.25) is 0 Å². The van der Waals surface area contributed by atoms with Gasteiger partial charge >= 0.3 is 5.97 Å². The van der Waals surface area contributed by atoms with Crippen LogP contribution < -0.4 is 4.74 Å². The Morgan fingerprint density at radius 3 is 2.71 bits per heavy atom. The molecule has 0 bridgehead atoms. The number of ether oxygens (including phenoxy) is 3. The first kappa shape index (κ1) is 25.0. The second-order valence-corrected chi connectivity index (χ2v) is 9.93. The van der Waals surface area contributed by atoms with Gasteiger partial charge in [0.25, 0.3) is 0 Å². The van der Waals surface area contributed by atoms with E-state index in [1.807, 2.05) is 43.3 Å². The van der Waals surface area contributed by atoms with Gasteiger partial charge in [0.2, 0.25) is 0 Å². The number of esters is 1. The van der Waals surface area contributed by atoms with Crippen LogP contribution in [0.4, 0.5) is 0 Å². The van der Waals surface area contributed by atoms with Crippen molar-refractivity contribution in [2.24, 2.45) is 17.8 Å². The molecular formula is C28H38O6. The smallest absolute Gasteiger partial charge is 0.347 e. The Balaban J connectivity index is 1.46. The normalized spacial score (nSPS) is 34.0. The van der Waals surface area contributed by atoms with Crippen LogP contribution in [0.5, 0.6) is 5.75 Å². The highest BCUT2D eigenvalue weighted by Gasteiger charge is 2.42. The quantitative estimate of drug-likeness (QED) is 0.554. The second kappa shape index (κ2) is 11.5. The van der Waals surface area contributed by atoms with Crippen LogP contribution in [0, 0.1) is 17.8 Å². The summed E-state index contributed by atoms with van der Waals surface area (Å²) < 4.78 is 17.9. The van der Waals surface area contributed by atoms with Gasteiger partial charge in [0.15, 0.2) is 6.10 Å². The fraction of sp³-hybridized carbons (Fsp3) is 0.607. The molecule has 2 aliphatic carbocycles. The highest BCUT2D eigenvalue weighted by molar-refractivity contribution is 5.75.